The third-order valence-corrected chi connectivity index (χ3v) is 6.87. The molecular weight excluding hydrogens is 501 g/mol. The summed E-state index contributed by atoms with van der Waals surface area (Å²) in [6.45, 7) is 1.97. The summed E-state index contributed by atoms with van der Waals surface area (Å²) in [5, 5.41) is 12.1. The van der Waals surface area contributed by atoms with E-state index in [2.05, 4.69) is 32.6 Å². The summed E-state index contributed by atoms with van der Waals surface area (Å²) in [5.74, 6) is 0.504. The fourth-order valence-electron chi connectivity index (χ4n) is 3.99. The monoisotopic (exact) mass is 527 g/mol. The Morgan fingerprint density at radius 3 is 2.47 bits per heavy atom. The number of nitrogens with zero attached hydrogens (tertiary/aromatic N) is 4. The van der Waals surface area contributed by atoms with Gasteiger partial charge in [0, 0.05) is 11.6 Å². The van der Waals surface area contributed by atoms with E-state index in [1.807, 2.05) is 55.5 Å². The van der Waals surface area contributed by atoms with Crippen LogP contribution in [0.5, 0.6) is 0 Å². The molecule has 0 bridgehead atoms. The summed E-state index contributed by atoms with van der Waals surface area (Å²) in [7, 11) is 0. The number of para-hydroxylation sites is 1. The molecule has 1 amide bonds. The highest BCUT2D eigenvalue weighted by atomic mass is 32.2. The molecule has 9 heteroatoms. The second-order valence-corrected chi connectivity index (χ2v) is 9.72. The van der Waals surface area contributed by atoms with Crippen LogP contribution < -0.4 is 5.32 Å². The average molecular weight is 528 g/mol. The summed E-state index contributed by atoms with van der Waals surface area (Å²) in [6, 6.07) is 26.1. The van der Waals surface area contributed by atoms with Crippen LogP contribution in [-0.4, -0.2) is 31.7 Å². The number of aromatic nitrogens is 4. The fraction of sp³-hybridized carbons (Fsp3) is 0.172. The first-order valence-electron chi connectivity index (χ1n) is 12.3. The predicted molar refractivity (Wildman–Crippen MR) is 145 cm³/mol. The smallest absolute Gasteiger partial charge is 0.273 e. The Bertz CT molecular complexity index is 1500. The topological polar surface area (TPSA) is 85.8 Å². The number of amides is 1. The van der Waals surface area contributed by atoms with Crippen molar-refractivity contribution in [1.29, 1.82) is 0 Å². The molecule has 1 unspecified atom stereocenters. The van der Waals surface area contributed by atoms with Crippen LogP contribution in [0.25, 0.3) is 17.1 Å². The van der Waals surface area contributed by atoms with E-state index in [9.17, 15) is 9.18 Å². The Balaban J connectivity index is 1.26. The number of halogens is 1. The Kier molecular flexibility index (Phi) is 7.94. The summed E-state index contributed by atoms with van der Waals surface area (Å²) >= 11 is 1.30. The van der Waals surface area contributed by atoms with Crippen molar-refractivity contribution in [3.8, 4) is 17.1 Å². The maximum absolute atomic E-state index is 14.8. The van der Waals surface area contributed by atoms with E-state index in [1.165, 1.54) is 29.7 Å². The average Bonchev–Trinajstić information content (AvgIpc) is 3.60. The number of carbonyl (C=O) groups excluding carboxylic acids is 1. The Morgan fingerprint density at radius 1 is 1.00 bits per heavy atom. The van der Waals surface area contributed by atoms with Gasteiger partial charge in [0.25, 0.3) is 5.91 Å². The first-order valence-corrected chi connectivity index (χ1v) is 13.2. The lowest BCUT2D eigenvalue weighted by atomic mass is 10.1. The van der Waals surface area contributed by atoms with E-state index in [4.69, 9.17) is 4.42 Å². The normalized spacial score (nSPS) is 11.8. The van der Waals surface area contributed by atoms with Crippen LogP contribution >= 0.6 is 11.8 Å². The second kappa shape index (κ2) is 11.9. The number of aryl methyl sites for hydroxylation is 1. The minimum absolute atomic E-state index is 0.0204. The van der Waals surface area contributed by atoms with Crippen molar-refractivity contribution < 1.29 is 13.6 Å². The van der Waals surface area contributed by atoms with Crippen molar-refractivity contribution in [1.82, 2.24) is 25.1 Å². The molecule has 5 aromatic rings. The number of thioether (sulfide) groups is 1. The first-order chi connectivity index (χ1) is 18.6. The summed E-state index contributed by atoms with van der Waals surface area (Å²) in [5.41, 5.74) is 2.60. The van der Waals surface area contributed by atoms with Crippen molar-refractivity contribution in [3.05, 3.63) is 114 Å². The van der Waals surface area contributed by atoms with Crippen LogP contribution in [0.1, 0.15) is 35.3 Å². The van der Waals surface area contributed by atoms with Gasteiger partial charge >= 0.3 is 0 Å². The molecule has 0 fully saturated rings. The molecule has 0 aliphatic heterocycles. The van der Waals surface area contributed by atoms with E-state index in [0.717, 1.165) is 18.4 Å². The number of hydrogen-bond acceptors (Lipinski definition) is 6. The molecule has 2 heterocycles. The lowest BCUT2D eigenvalue weighted by Crippen LogP contribution is -2.33. The molecule has 0 radical (unpaired) electrons. The van der Waals surface area contributed by atoms with Crippen molar-refractivity contribution in [2.45, 2.75) is 36.7 Å². The molecule has 0 saturated heterocycles. The maximum Gasteiger partial charge on any atom is 0.273 e. The first kappa shape index (κ1) is 25.4. The van der Waals surface area contributed by atoms with Crippen LogP contribution in [0.4, 0.5) is 4.39 Å². The van der Waals surface area contributed by atoms with Gasteiger partial charge in [-0.2, -0.15) is 0 Å². The minimum Gasteiger partial charge on any atom is -0.447 e. The predicted octanol–water partition coefficient (Wildman–Crippen LogP) is 6.10. The molecule has 5 rings (SSSR count). The second-order valence-electron chi connectivity index (χ2n) is 8.77. The number of benzene rings is 3. The van der Waals surface area contributed by atoms with Crippen LogP contribution in [0.15, 0.2) is 101 Å². The highest BCUT2D eigenvalue weighted by Gasteiger charge is 2.20. The SMILES string of the molecule is CC(CCc1ccccc1)NC(=O)c1coc(CSc2nnc(-c3ccccc3)n2-c2ccccc2F)n1. The van der Waals surface area contributed by atoms with Gasteiger partial charge in [-0.3, -0.25) is 9.36 Å². The molecule has 192 valence electrons. The van der Waals surface area contributed by atoms with Crippen LogP contribution in [-0.2, 0) is 12.2 Å². The summed E-state index contributed by atoms with van der Waals surface area (Å²) < 4.78 is 22.0. The van der Waals surface area contributed by atoms with Gasteiger partial charge in [-0.15, -0.1) is 10.2 Å². The van der Waals surface area contributed by atoms with Gasteiger partial charge < -0.3 is 9.73 Å². The lowest BCUT2D eigenvalue weighted by Gasteiger charge is -2.12. The zero-order valence-corrected chi connectivity index (χ0v) is 21.6. The molecule has 38 heavy (non-hydrogen) atoms. The number of nitrogens with one attached hydrogen (secondary N) is 1. The molecule has 0 aliphatic carbocycles. The van der Waals surface area contributed by atoms with Crippen LogP contribution in [0.3, 0.4) is 0 Å². The molecular formula is C29H26FN5O2S. The van der Waals surface area contributed by atoms with Crippen molar-refractivity contribution in [2.75, 3.05) is 0 Å². The van der Waals surface area contributed by atoms with Crippen molar-refractivity contribution >= 4 is 17.7 Å². The molecule has 2 aromatic heterocycles. The standard InChI is InChI=1S/C29H26FN5O2S/c1-20(16-17-21-10-4-2-5-11-21)31-28(36)24-18-37-26(32-24)19-38-29-34-33-27(22-12-6-3-7-13-22)35(29)25-15-9-8-14-23(25)30/h2-15,18,20H,16-17,19H2,1H3,(H,31,36). The largest absolute Gasteiger partial charge is 0.447 e. The third-order valence-electron chi connectivity index (χ3n) is 5.95. The number of hydrogen-bond donors (Lipinski definition) is 1. The molecule has 7 nitrogen and oxygen atoms in total. The molecule has 0 spiro atoms. The lowest BCUT2D eigenvalue weighted by molar-refractivity contribution is 0.0933. The van der Waals surface area contributed by atoms with E-state index >= 15 is 0 Å². The van der Waals surface area contributed by atoms with Gasteiger partial charge in [0.1, 0.15) is 12.1 Å². The van der Waals surface area contributed by atoms with E-state index in [0.29, 0.717) is 22.6 Å². The Labute approximate surface area is 224 Å². The van der Waals surface area contributed by atoms with E-state index in [1.54, 1.807) is 22.8 Å². The number of carbonyl (C=O) groups is 1. The zero-order valence-electron chi connectivity index (χ0n) is 20.8. The number of rotatable bonds is 10. The molecule has 1 N–H and O–H groups in total. The molecule has 0 saturated carbocycles. The van der Waals surface area contributed by atoms with Crippen molar-refractivity contribution in [2.24, 2.45) is 0 Å². The van der Waals surface area contributed by atoms with Gasteiger partial charge in [-0.25, -0.2) is 9.37 Å². The van der Waals surface area contributed by atoms with E-state index in [-0.39, 0.29) is 29.2 Å². The van der Waals surface area contributed by atoms with Gasteiger partial charge in [-0.05, 0) is 37.5 Å². The quantitative estimate of drug-likeness (QED) is 0.221. The summed E-state index contributed by atoms with van der Waals surface area (Å²) in [4.78, 5) is 17.0. The number of oxazole rings is 1. The Hall–Kier alpha value is -4.24. The van der Waals surface area contributed by atoms with Gasteiger partial charge in [0.05, 0.1) is 11.4 Å². The summed E-state index contributed by atoms with van der Waals surface area (Å²) in [6.07, 6.45) is 3.04. The minimum atomic E-state index is -0.386. The van der Waals surface area contributed by atoms with Gasteiger partial charge in [0.15, 0.2) is 16.7 Å². The highest BCUT2D eigenvalue weighted by Crippen LogP contribution is 2.30. The zero-order chi connectivity index (χ0) is 26.3. The van der Waals surface area contributed by atoms with E-state index < -0.39 is 0 Å². The molecule has 3 aromatic carbocycles. The highest BCUT2D eigenvalue weighted by molar-refractivity contribution is 7.98. The van der Waals surface area contributed by atoms with Gasteiger partial charge in [-0.1, -0.05) is 84.6 Å². The van der Waals surface area contributed by atoms with Crippen molar-refractivity contribution in [3.63, 3.8) is 0 Å². The molecule has 1 atom stereocenters. The fourth-order valence-corrected chi connectivity index (χ4v) is 4.79. The molecule has 0 aliphatic rings. The third kappa shape index (κ3) is 6.00. The van der Waals surface area contributed by atoms with Gasteiger partial charge in [0.2, 0.25) is 5.89 Å². The van der Waals surface area contributed by atoms with Crippen LogP contribution in [0.2, 0.25) is 0 Å². The Morgan fingerprint density at radius 2 is 1.71 bits per heavy atom. The maximum atomic E-state index is 14.8. The van der Waals surface area contributed by atoms with Crippen LogP contribution in [0, 0.1) is 5.82 Å².